The SMILES string of the molecule is CCOc1ccc([C@@H]2Nn3c(C)nnc3S[C@H]2C(=O)Nc2ccc(Br)cc2C)cc1. The van der Waals surface area contributed by atoms with Crippen molar-refractivity contribution in [1.29, 1.82) is 0 Å². The maximum absolute atomic E-state index is 13.3. The molecule has 3 aromatic rings. The van der Waals surface area contributed by atoms with E-state index < -0.39 is 5.25 Å². The molecular weight excluding hydrogens is 466 g/mol. The summed E-state index contributed by atoms with van der Waals surface area (Å²) in [4.78, 5) is 13.3. The van der Waals surface area contributed by atoms with Crippen LogP contribution < -0.4 is 15.5 Å². The van der Waals surface area contributed by atoms with E-state index in [0.29, 0.717) is 11.8 Å². The zero-order chi connectivity index (χ0) is 21.3. The number of halogens is 1. The number of nitrogens with zero attached hydrogens (tertiary/aromatic N) is 3. The van der Waals surface area contributed by atoms with Crippen molar-refractivity contribution in [2.75, 3.05) is 17.3 Å². The highest BCUT2D eigenvalue weighted by Gasteiger charge is 2.37. The molecule has 0 fully saturated rings. The minimum atomic E-state index is -0.429. The summed E-state index contributed by atoms with van der Waals surface area (Å²) in [6.07, 6.45) is 0. The lowest BCUT2D eigenvalue weighted by Crippen LogP contribution is -2.41. The summed E-state index contributed by atoms with van der Waals surface area (Å²) < 4.78 is 8.36. The van der Waals surface area contributed by atoms with Crippen molar-refractivity contribution in [2.45, 2.75) is 37.2 Å². The Morgan fingerprint density at radius 1 is 1.23 bits per heavy atom. The van der Waals surface area contributed by atoms with Gasteiger partial charge in [-0.1, -0.05) is 39.8 Å². The van der Waals surface area contributed by atoms with Crippen LogP contribution in [0.4, 0.5) is 5.69 Å². The average Bonchev–Trinajstić information content (AvgIpc) is 3.10. The second-order valence-corrected chi connectivity index (χ2v) is 8.99. The van der Waals surface area contributed by atoms with E-state index in [0.717, 1.165) is 32.9 Å². The molecule has 0 saturated carbocycles. The number of carbonyl (C=O) groups excluding carboxylic acids is 1. The fraction of sp³-hybridized carbons (Fsp3) is 0.286. The van der Waals surface area contributed by atoms with Crippen molar-refractivity contribution in [3.05, 3.63) is 63.9 Å². The monoisotopic (exact) mass is 487 g/mol. The van der Waals surface area contributed by atoms with Crippen molar-refractivity contribution in [1.82, 2.24) is 14.9 Å². The number of nitrogens with one attached hydrogen (secondary N) is 2. The number of thioether (sulfide) groups is 1. The van der Waals surface area contributed by atoms with Crippen LogP contribution in [-0.4, -0.2) is 32.6 Å². The van der Waals surface area contributed by atoms with Crippen LogP contribution in [0.25, 0.3) is 0 Å². The fourth-order valence-electron chi connectivity index (χ4n) is 3.32. The van der Waals surface area contributed by atoms with Gasteiger partial charge in [-0.2, -0.15) is 0 Å². The molecule has 7 nitrogen and oxygen atoms in total. The summed E-state index contributed by atoms with van der Waals surface area (Å²) in [6.45, 7) is 6.41. The number of rotatable bonds is 5. The highest BCUT2D eigenvalue weighted by Crippen LogP contribution is 2.38. The van der Waals surface area contributed by atoms with Gasteiger partial charge in [0.2, 0.25) is 11.1 Å². The highest BCUT2D eigenvalue weighted by atomic mass is 79.9. The first-order valence-corrected chi connectivity index (χ1v) is 11.3. The molecule has 9 heteroatoms. The van der Waals surface area contributed by atoms with Gasteiger partial charge in [-0.05, 0) is 62.2 Å². The topological polar surface area (TPSA) is 81.1 Å². The molecule has 0 unspecified atom stereocenters. The van der Waals surface area contributed by atoms with Crippen LogP contribution in [0, 0.1) is 13.8 Å². The van der Waals surface area contributed by atoms with Crippen LogP contribution >= 0.6 is 27.7 Å². The Kier molecular flexibility index (Phi) is 6.01. The summed E-state index contributed by atoms with van der Waals surface area (Å²) in [7, 11) is 0. The lowest BCUT2D eigenvalue weighted by atomic mass is 10.0. The van der Waals surface area contributed by atoms with Gasteiger partial charge in [0.05, 0.1) is 12.6 Å². The van der Waals surface area contributed by atoms with Crippen LogP contribution in [0.5, 0.6) is 5.75 Å². The summed E-state index contributed by atoms with van der Waals surface area (Å²) in [6, 6.07) is 13.4. The second-order valence-electron chi connectivity index (χ2n) is 6.96. The van der Waals surface area contributed by atoms with Gasteiger partial charge in [0, 0.05) is 10.2 Å². The van der Waals surface area contributed by atoms with E-state index in [2.05, 4.69) is 36.9 Å². The Balaban J connectivity index is 1.64. The fourth-order valence-corrected chi connectivity index (χ4v) is 4.92. The number of anilines is 1. The number of hydrogen-bond donors (Lipinski definition) is 2. The van der Waals surface area contributed by atoms with Crippen molar-refractivity contribution in [2.24, 2.45) is 0 Å². The molecule has 1 aliphatic heterocycles. The van der Waals surface area contributed by atoms with E-state index in [1.807, 2.05) is 67.9 Å². The molecule has 4 rings (SSSR count). The first-order valence-electron chi connectivity index (χ1n) is 9.61. The summed E-state index contributed by atoms with van der Waals surface area (Å²) >= 11 is 4.87. The first kappa shape index (κ1) is 20.7. The molecule has 2 aromatic carbocycles. The van der Waals surface area contributed by atoms with Crippen molar-refractivity contribution >= 4 is 39.3 Å². The van der Waals surface area contributed by atoms with Gasteiger partial charge in [0.1, 0.15) is 16.8 Å². The molecule has 1 amide bonds. The van der Waals surface area contributed by atoms with E-state index in [9.17, 15) is 4.79 Å². The Hall–Kier alpha value is -2.52. The zero-order valence-corrected chi connectivity index (χ0v) is 19.3. The number of fused-ring (bicyclic) bond motifs is 1. The maximum Gasteiger partial charge on any atom is 0.240 e. The summed E-state index contributed by atoms with van der Waals surface area (Å²) in [5.74, 6) is 1.46. The van der Waals surface area contributed by atoms with Crippen LogP contribution in [0.1, 0.15) is 29.9 Å². The molecule has 0 radical (unpaired) electrons. The smallest absolute Gasteiger partial charge is 0.240 e. The first-order chi connectivity index (χ1) is 14.5. The summed E-state index contributed by atoms with van der Waals surface area (Å²) in [5.41, 5.74) is 6.18. The number of aryl methyl sites for hydroxylation is 2. The molecule has 2 N–H and O–H groups in total. The van der Waals surface area contributed by atoms with E-state index in [-0.39, 0.29) is 11.9 Å². The van der Waals surface area contributed by atoms with Gasteiger partial charge in [-0.25, -0.2) is 4.68 Å². The van der Waals surface area contributed by atoms with Crippen LogP contribution in [0.2, 0.25) is 0 Å². The molecular formula is C21H22BrN5O2S. The molecule has 0 saturated heterocycles. The van der Waals surface area contributed by atoms with E-state index >= 15 is 0 Å². The molecule has 0 bridgehead atoms. The van der Waals surface area contributed by atoms with Gasteiger partial charge < -0.3 is 15.5 Å². The lowest BCUT2D eigenvalue weighted by molar-refractivity contribution is -0.116. The van der Waals surface area contributed by atoms with Crippen molar-refractivity contribution in [3.63, 3.8) is 0 Å². The quantitative estimate of drug-likeness (QED) is 0.552. The Bertz CT molecular complexity index is 1070. The molecule has 2 atom stereocenters. The Labute approximate surface area is 187 Å². The van der Waals surface area contributed by atoms with E-state index in [1.54, 1.807) is 0 Å². The third kappa shape index (κ3) is 4.17. The van der Waals surface area contributed by atoms with Gasteiger partial charge in [-0.3, -0.25) is 4.79 Å². The molecule has 1 aliphatic rings. The van der Waals surface area contributed by atoms with Crippen molar-refractivity contribution < 1.29 is 9.53 Å². The summed E-state index contributed by atoms with van der Waals surface area (Å²) in [5, 5.41) is 11.7. The molecule has 1 aromatic heterocycles. The third-order valence-corrected chi connectivity index (χ3v) is 6.56. The van der Waals surface area contributed by atoms with Gasteiger partial charge in [-0.15, -0.1) is 10.2 Å². The molecule has 0 spiro atoms. The maximum atomic E-state index is 13.3. The van der Waals surface area contributed by atoms with Crippen LogP contribution in [0.3, 0.4) is 0 Å². The predicted molar refractivity (Wildman–Crippen MR) is 122 cm³/mol. The number of amides is 1. The minimum absolute atomic E-state index is 0.0938. The Morgan fingerprint density at radius 2 is 2.00 bits per heavy atom. The molecule has 30 heavy (non-hydrogen) atoms. The normalized spacial score (nSPS) is 17.7. The lowest BCUT2D eigenvalue weighted by Gasteiger charge is -2.33. The van der Waals surface area contributed by atoms with Crippen LogP contribution in [-0.2, 0) is 4.79 Å². The van der Waals surface area contributed by atoms with Crippen molar-refractivity contribution in [3.8, 4) is 5.75 Å². The van der Waals surface area contributed by atoms with E-state index in [4.69, 9.17) is 4.74 Å². The molecule has 2 heterocycles. The second kappa shape index (κ2) is 8.69. The largest absolute Gasteiger partial charge is 0.494 e. The number of hydrogen-bond acceptors (Lipinski definition) is 6. The molecule has 156 valence electrons. The standard InChI is InChI=1S/C21H22BrN5O2S/c1-4-29-16-8-5-14(6-9-16)18-19(30-21-25-24-13(3)27(21)26-18)20(28)23-17-10-7-15(22)11-12(17)2/h5-11,18-19,26H,4H2,1-3H3,(H,23,28)/t18-,19+/m0/s1. The number of aromatic nitrogens is 3. The number of carbonyl (C=O) groups is 1. The average molecular weight is 488 g/mol. The minimum Gasteiger partial charge on any atom is -0.494 e. The predicted octanol–water partition coefficient (Wildman–Crippen LogP) is 4.45. The Morgan fingerprint density at radius 3 is 2.70 bits per heavy atom. The van der Waals surface area contributed by atoms with Gasteiger partial charge in [0.15, 0.2) is 0 Å². The van der Waals surface area contributed by atoms with Gasteiger partial charge in [0.25, 0.3) is 0 Å². The molecule has 0 aliphatic carbocycles. The van der Waals surface area contributed by atoms with E-state index in [1.165, 1.54) is 11.8 Å². The zero-order valence-electron chi connectivity index (χ0n) is 16.8. The number of ether oxygens (including phenoxy) is 1. The third-order valence-electron chi connectivity index (χ3n) is 4.85. The highest BCUT2D eigenvalue weighted by molar-refractivity contribution is 9.10. The van der Waals surface area contributed by atoms with Gasteiger partial charge >= 0.3 is 0 Å². The number of benzene rings is 2. The van der Waals surface area contributed by atoms with Crippen LogP contribution in [0.15, 0.2) is 52.1 Å².